The third-order valence-electron chi connectivity index (χ3n) is 5.91. The predicted molar refractivity (Wildman–Crippen MR) is 104 cm³/mol. The van der Waals surface area contributed by atoms with Crippen LogP contribution in [0.15, 0.2) is 18.2 Å². The topological polar surface area (TPSA) is 51.2 Å². The van der Waals surface area contributed by atoms with Crippen molar-refractivity contribution in [1.29, 1.82) is 0 Å². The molecule has 2 saturated heterocycles. The molecule has 6 nitrogen and oxygen atoms in total. The van der Waals surface area contributed by atoms with Crippen molar-refractivity contribution >= 4 is 6.09 Å². The number of carbonyl (C=O) groups is 1. The van der Waals surface area contributed by atoms with Crippen molar-refractivity contribution in [1.82, 2.24) is 9.80 Å². The Morgan fingerprint density at radius 3 is 2.37 bits per heavy atom. The van der Waals surface area contributed by atoms with Gasteiger partial charge in [0.2, 0.25) is 0 Å². The van der Waals surface area contributed by atoms with Crippen molar-refractivity contribution in [2.45, 2.75) is 57.7 Å². The molecule has 0 aliphatic carbocycles. The van der Waals surface area contributed by atoms with Gasteiger partial charge in [-0.2, -0.15) is 0 Å². The summed E-state index contributed by atoms with van der Waals surface area (Å²) >= 11 is 0. The van der Waals surface area contributed by atoms with Gasteiger partial charge in [-0.15, -0.1) is 0 Å². The molecule has 2 aliphatic heterocycles. The van der Waals surface area contributed by atoms with E-state index in [4.69, 9.17) is 14.2 Å². The second-order valence-electron chi connectivity index (χ2n) is 7.73. The summed E-state index contributed by atoms with van der Waals surface area (Å²) in [5.74, 6) is 1.70. The van der Waals surface area contributed by atoms with Crippen molar-refractivity contribution < 1.29 is 19.0 Å². The number of amides is 1. The summed E-state index contributed by atoms with van der Waals surface area (Å²) in [4.78, 5) is 16.7. The Morgan fingerprint density at radius 1 is 1.19 bits per heavy atom. The van der Waals surface area contributed by atoms with E-state index < -0.39 is 0 Å². The van der Waals surface area contributed by atoms with Crippen molar-refractivity contribution in [3.63, 3.8) is 0 Å². The number of nitrogens with zero attached hydrogens (tertiary/aromatic N) is 2. The number of methoxy groups -OCH3 is 2. The number of ether oxygens (including phenoxy) is 3. The molecular formula is C21H32N2O4. The summed E-state index contributed by atoms with van der Waals surface area (Å²) < 4.78 is 16.9. The van der Waals surface area contributed by atoms with Crippen molar-refractivity contribution in [3.05, 3.63) is 23.8 Å². The van der Waals surface area contributed by atoms with Crippen LogP contribution in [0.2, 0.25) is 0 Å². The summed E-state index contributed by atoms with van der Waals surface area (Å²) in [6.45, 7) is 7.55. The maximum absolute atomic E-state index is 12.4. The molecule has 2 aliphatic rings. The molecule has 1 amide bonds. The van der Waals surface area contributed by atoms with E-state index in [9.17, 15) is 4.79 Å². The van der Waals surface area contributed by atoms with Gasteiger partial charge in [0, 0.05) is 38.5 Å². The molecule has 1 unspecified atom stereocenters. The van der Waals surface area contributed by atoms with E-state index >= 15 is 0 Å². The highest BCUT2D eigenvalue weighted by Gasteiger charge is 2.48. The van der Waals surface area contributed by atoms with E-state index in [1.165, 1.54) is 0 Å². The zero-order valence-corrected chi connectivity index (χ0v) is 17.0. The number of hydrogen-bond acceptors (Lipinski definition) is 5. The Bertz CT molecular complexity index is 633. The highest BCUT2D eigenvalue weighted by Crippen LogP contribution is 2.36. The van der Waals surface area contributed by atoms with Gasteiger partial charge in [0.1, 0.15) is 17.1 Å². The van der Waals surface area contributed by atoms with Crippen LogP contribution in [0, 0.1) is 0 Å². The molecule has 0 aromatic heterocycles. The zero-order chi connectivity index (χ0) is 19.4. The van der Waals surface area contributed by atoms with E-state index in [1.807, 2.05) is 23.1 Å². The molecule has 1 atom stereocenters. The molecule has 0 N–H and O–H groups in total. The molecule has 1 aromatic rings. The van der Waals surface area contributed by atoms with Crippen LogP contribution in [-0.4, -0.2) is 61.4 Å². The molecule has 3 rings (SSSR count). The summed E-state index contributed by atoms with van der Waals surface area (Å²) in [5.41, 5.74) is 0.750. The molecule has 0 saturated carbocycles. The van der Waals surface area contributed by atoms with E-state index in [2.05, 4.69) is 18.7 Å². The molecule has 0 bridgehead atoms. The van der Waals surface area contributed by atoms with Gasteiger partial charge in [-0.1, -0.05) is 19.4 Å². The lowest BCUT2D eigenvalue weighted by molar-refractivity contribution is -0.00156. The summed E-state index contributed by atoms with van der Waals surface area (Å²) in [7, 11) is 3.38. The molecule has 0 radical (unpaired) electrons. The molecule has 1 aromatic carbocycles. The van der Waals surface area contributed by atoms with Gasteiger partial charge >= 0.3 is 6.09 Å². The predicted octanol–water partition coefficient (Wildman–Crippen LogP) is 3.68. The monoisotopic (exact) mass is 376 g/mol. The Hall–Kier alpha value is -1.95. The number of hydrogen-bond donors (Lipinski definition) is 0. The quantitative estimate of drug-likeness (QED) is 0.727. The van der Waals surface area contributed by atoms with E-state index in [0.29, 0.717) is 0 Å². The lowest BCUT2D eigenvalue weighted by Crippen LogP contribution is -2.47. The van der Waals surface area contributed by atoms with Gasteiger partial charge in [0.15, 0.2) is 0 Å². The number of benzene rings is 1. The lowest BCUT2D eigenvalue weighted by Gasteiger charge is -2.38. The van der Waals surface area contributed by atoms with Gasteiger partial charge in [-0.05, 0) is 25.5 Å². The van der Waals surface area contributed by atoms with Gasteiger partial charge in [0.05, 0.1) is 26.3 Å². The fraction of sp³-hybridized carbons (Fsp3) is 0.667. The average molecular weight is 376 g/mol. The van der Waals surface area contributed by atoms with Crippen LogP contribution in [0.4, 0.5) is 4.79 Å². The molecule has 2 heterocycles. The normalized spacial score (nSPS) is 20.6. The van der Waals surface area contributed by atoms with Crippen LogP contribution in [0.1, 0.15) is 45.1 Å². The maximum Gasteiger partial charge on any atom is 0.410 e. The molecule has 150 valence electrons. The minimum atomic E-state index is -0.319. The Morgan fingerprint density at radius 2 is 1.81 bits per heavy atom. The maximum atomic E-state index is 12.4. The minimum Gasteiger partial charge on any atom is -0.496 e. The molecular weight excluding hydrogens is 344 g/mol. The first-order valence-corrected chi connectivity index (χ1v) is 9.93. The highest BCUT2D eigenvalue weighted by molar-refractivity contribution is 5.71. The summed E-state index contributed by atoms with van der Waals surface area (Å²) in [5, 5.41) is 0. The van der Waals surface area contributed by atoms with Crippen LogP contribution in [0.3, 0.4) is 0 Å². The first-order valence-electron chi connectivity index (χ1n) is 9.93. The number of likely N-dealkylation sites (tertiary alicyclic amines) is 1. The Kier molecular flexibility index (Phi) is 6.15. The fourth-order valence-corrected chi connectivity index (χ4v) is 4.25. The van der Waals surface area contributed by atoms with Gasteiger partial charge < -0.3 is 19.1 Å². The molecule has 6 heteroatoms. The number of rotatable bonds is 7. The summed E-state index contributed by atoms with van der Waals surface area (Å²) in [6.07, 6.45) is 3.69. The number of carbonyl (C=O) groups excluding carboxylic acids is 1. The Balaban J connectivity index is 1.63. The first-order chi connectivity index (χ1) is 13.0. The van der Waals surface area contributed by atoms with Crippen LogP contribution < -0.4 is 9.47 Å². The molecule has 1 spiro atoms. The fourth-order valence-electron chi connectivity index (χ4n) is 4.25. The largest absolute Gasteiger partial charge is 0.496 e. The first kappa shape index (κ1) is 19.8. The summed E-state index contributed by atoms with van der Waals surface area (Å²) in [6, 6.07) is 6.12. The van der Waals surface area contributed by atoms with E-state index in [0.717, 1.165) is 68.9 Å². The molecule has 27 heavy (non-hydrogen) atoms. The highest BCUT2D eigenvalue weighted by atomic mass is 16.6. The zero-order valence-electron chi connectivity index (χ0n) is 17.0. The van der Waals surface area contributed by atoms with Crippen LogP contribution in [0.25, 0.3) is 0 Å². The van der Waals surface area contributed by atoms with Gasteiger partial charge in [-0.25, -0.2) is 4.79 Å². The van der Waals surface area contributed by atoms with Crippen LogP contribution >= 0.6 is 0 Å². The standard InChI is InChI=1S/C21H32N2O4/c1-5-7-16(2)23-15-21(27-20(23)24)10-12-22(13-11-21)14-17-18(25-3)8-6-9-19(17)26-4/h6,8-9,16H,5,7,10-15H2,1-4H3. The second-order valence-corrected chi connectivity index (χ2v) is 7.73. The van der Waals surface area contributed by atoms with E-state index in [1.54, 1.807) is 14.2 Å². The minimum absolute atomic E-state index is 0.143. The number of piperidine rings is 1. The van der Waals surface area contributed by atoms with Gasteiger partial charge in [0.25, 0.3) is 0 Å². The van der Waals surface area contributed by atoms with E-state index in [-0.39, 0.29) is 17.7 Å². The third kappa shape index (κ3) is 4.15. The van der Waals surface area contributed by atoms with Crippen LogP contribution in [0.5, 0.6) is 11.5 Å². The second kappa shape index (κ2) is 8.38. The van der Waals surface area contributed by atoms with Gasteiger partial charge in [-0.3, -0.25) is 4.90 Å². The third-order valence-corrected chi connectivity index (χ3v) is 5.91. The lowest BCUT2D eigenvalue weighted by atomic mass is 9.90. The van der Waals surface area contributed by atoms with Crippen molar-refractivity contribution in [3.8, 4) is 11.5 Å². The Labute approximate surface area is 162 Å². The smallest absolute Gasteiger partial charge is 0.410 e. The SMILES string of the molecule is CCCC(C)N1CC2(CCN(Cc3c(OC)cccc3OC)CC2)OC1=O. The average Bonchev–Trinajstić information content (AvgIpc) is 3.00. The van der Waals surface area contributed by atoms with Crippen LogP contribution in [-0.2, 0) is 11.3 Å². The van der Waals surface area contributed by atoms with Crippen molar-refractivity contribution in [2.75, 3.05) is 33.9 Å². The molecule has 2 fully saturated rings. The van der Waals surface area contributed by atoms with Crippen molar-refractivity contribution in [2.24, 2.45) is 0 Å².